The molecule has 0 aliphatic heterocycles. The lowest BCUT2D eigenvalue weighted by atomic mass is 10.1. The fourth-order valence-electron chi connectivity index (χ4n) is 3.85. The summed E-state index contributed by atoms with van der Waals surface area (Å²) in [6, 6.07) is 21.7. The molecule has 0 saturated heterocycles. The number of halogens is 1. The molecule has 0 heterocycles. The van der Waals surface area contributed by atoms with Crippen LogP contribution in [0.15, 0.2) is 94.7 Å². The number of hydrogen-bond donors (Lipinski definition) is 3. The first kappa shape index (κ1) is 28.2. The van der Waals surface area contributed by atoms with E-state index < -0.39 is 26.0 Å². The molecule has 0 unspecified atom stereocenters. The zero-order chi connectivity index (χ0) is 28.4. The minimum atomic E-state index is -3.97. The topological polar surface area (TPSA) is 121 Å². The molecule has 0 fully saturated rings. The SMILES string of the molecule is Cc1ccc(NS(=O)(=O)c2cc(C(=O)Nc3ccc(S(=O)(=O)Nc4cccc(Cl)c4)cc3)ccc2C)c(C)c1. The lowest BCUT2D eigenvalue weighted by molar-refractivity contribution is 0.102. The summed E-state index contributed by atoms with van der Waals surface area (Å²) < 4.78 is 56.8. The number of amides is 1. The standard InChI is InChI=1S/C28H26ClN3O5S2/c1-18-7-14-26(20(3)15-18)32-39(36,37)27-16-21(9-8-19(27)2)28(33)30-23-10-12-25(13-11-23)38(34,35)31-24-6-4-5-22(29)17-24/h4-17,31-32H,1-3H3,(H,30,33). The molecule has 8 nitrogen and oxygen atoms in total. The Kier molecular flexibility index (Phi) is 8.01. The molecule has 11 heteroatoms. The number of nitrogens with one attached hydrogen (secondary N) is 3. The normalized spacial score (nSPS) is 11.6. The number of carbonyl (C=O) groups is 1. The van der Waals surface area contributed by atoms with Crippen LogP contribution in [-0.2, 0) is 20.0 Å². The monoisotopic (exact) mass is 583 g/mol. The Hall–Kier alpha value is -3.86. The maximum absolute atomic E-state index is 13.2. The highest BCUT2D eigenvalue weighted by molar-refractivity contribution is 7.93. The number of aryl methyl sites for hydroxylation is 3. The third-order valence-electron chi connectivity index (χ3n) is 5.87. The van der Waals surface area contributed by atoms with E-state index in [0.717, 1.165) is 11.1 Å². The van der Waals surface area contributed by atoms with Gasteiger partial charge >= 0.3 is 0 Å². The molecule has 0 aromatic heterocycles. The van der Waals surface area contributed by atoms with Gasteiger partial charge in [-0.15, -0.1) is 0 Å². The Balaban J connectivity index is 1.51. The van der Waals surface area contributed by atoms with E-state index in [-0.39, 0.29) is 15.4 Å². The number of benzene rings is 4. The van der Waals surface area contributed by atoms with Gasteiger partial charge in [-0.25, -0.2) is 16.8 Å². The Morgan fingerprint density at radius 2 is 1.41 bits per heavy atom. The molecule has 0 saturated carbocycles. The first-order valence-corrected chi connectivity index (χ1v) is 15.1. The van der Waals surface area contributed by atoms with Crippen LogP contribution in [0.1, 0.15) is 27.0 Å². The van der Waals surface area contributed by atoms with E-state index in [1.54, 1.807) is 37.3 Å². The van der Waals surface area contributed by atoms with Gasteiger partial charge in [0, 0.05) is 16.3 Å². The average Bonchev–Trinajstić information content (AvgIpc) is 2.86. The number of sulfonamides is 2. The van der Waals surface area contributed by atoms with Gasteiger partial charge in [-0.2, -0.15) is 0 Å². The summed E-state index contributed by atoms with van der Waals surface area (Å²) in [5.74, 6) is -0.550. The molecule has 4 aromatic carbocycles. The van der Waals surface area contributed by atoms with Gasteiger partial charge < -0.3 is 5.32 Å². The predicted molar refractivity (Wildman–Crippen MR) is 155 cm³/mol. The smallest absolute Gasteiger partial charge is 0.262 e. The molecule has 4 aromatic rings. The minimum Gasteiger partial charge on any atom is -0.322 e. The zero-order valence-electron chi connectivity index (χ0n) is 21.3. The molecule has 39 heavy (non-hydrogen) atoms. The second-order valence-corrected chi connectivity index (χ2v) is 12.8. The zero-order valence-corrected chi connectivity index (χ0v) is 23.7. The molecular weight excluding hydrogens is 558 g/mol. The quantitative estimate of drug-likeness (QED) is 0.231. The average molecular weight is 584 g/mol. The van der Waals surface area contributed by atoms with Crippen molar-refractivity contribution in [2.24, 2.45) is 0 Å². The molecule has 0 spiro atoms. The summed E-state index contributed by atoms with van der Waals surface area (Å²) >= 11 is 5.92. The first-order chi connectivity index (χ1) is 18.3. The molecule has 202 valence electrons. The molecular formula is C28H26ClN3O5S2. The van der Waals surface area contributed by atoms with Crippen molar-refractivity contribution in [3.63, 3.8) is 0 Å². The highest BCUT2D eigenvalue weighted by Crippen LogP contribution is 2.25. The Bertz CT molecular complexity index is 1770. The molecule has 3 N–H and O–H groups in total. The fourth-order valence-corrected chi connectivity index (χ4v) is 6.49. The van der Waals surface area contributed by atoms with Crippen LogP contribution < -0.4 is 14.8 Å². The van der Waals surface area contributed by atoms with E-state index in [9.17, 15) is 21.6 Å². The predicted octanol–water partition coefficient (Wildman–Crippen LogP) is 6.12. The maximum atomic E-state index is 13.2. The van der Waals surface area contributed by atoms with E-state index in [1.807, 2.05) is 26.0 Å². The van der Waals surface area contributed by atoms with Crippen molar-refractivity contribution in [1.82, 2.24) is 0 Å². The van der Waals surface area contributed by atoms with Crippen LogP contribution in [0.25, 0.3) is 0 Å². The summed E-state index contributed by atoms with van der Waals surface area (Å²) in [7, 11) is -7.85. The second-order valence-electron chi connectivity index (χ2n) is 9.00. The van der Waals surface area contributed by atoms with Crippen molar-refractivity contribution in [3.05, 3.63) is 112 Å². The molecule has 0 aliphatic carbocycles. The Morgan fingerprint density at radius 3 is 2.08 bits per heavy atom. The number of anilines is 3. The van der Waals surface area contributed by atoms with Gasteiger partial charge in [0.15, 0.2) is 0 Å². The van der Waals surface area contributed by atoms with Crippen molar-refractivity contribution in [2.45, 2.75) is 30.6 Å². The molecule has 0 aliphatic rings. The summed E-state index contributed by atoms with van der Waals surface area (Å²) in [6.07, 6.45) is 0. The van der Waals surface area contributed by atoms with Gasteiger partial charge in [0.05, 0.1) is 21.2 Å². The van der Waals surface area contributed by atoms with Gasteiger partial charge in [0.2, 0.25) is 0 Å². The van der Waals surface area contributed by atoms with E-state index in [1.165, 1.54) is 42.5 Å². The van der Waals surface area contributed by atoms with Crippen LogP contribution in [0, 0.1) is 20.8 Å². The third-order valence-corrected chi connectivity index (χ3v) is 9.01. The Labute approximate surface area is 233 Å². The largest absolute Gasteiger partial charge is 0.322 e. The molecule has 0 atom stereocenters. The third kappa shape index (κ3) is 6.78. The van der Waals surface area contributed by atoms with Gasteiger partial charge in [0.25, 0.3) is 26.0 Å². The van der Waals surface area contributed by atoms with Crippen LogP contribution in [-0.4, -0.2) is 22.7 Å². The van der Waals surface area contributed by atoms with Crippen LogP contribution >= 0.6 is 11.6 Å². The maximum Gasteiger partial charge on any atom is 0.262 e. The highest BCUT2D eigenvalue weighted by atomic mass is 35.5. The molecule has 1 amide bonds. The van der Waals surface area contributed by atoms with Crippen LogP contribution in [0.5, 0.6) is 0 Å². The van der Waals surface area contributed by atoms with Crippen molar-refractivity contribution in [3.8, 4) is 0 Å². The van der Waals surface area contributed by atoms with Gasteiger partial charge in [-0.1, -0.05) is 41.4 Å². The Morgan fingerprint density at radius 1 is 0.692 bits per heavy atom. The summed E-state index contributed by atoms with van der Waals surface area (Å²) in [5.41, 5.74) is 3.49. The van der Waals surface area contributed by atoms with Crippen molar-refractivity contribution in [1.29, 1.82) is 0 Å². The van der Waals surface area contributed by atoms with E-state index in [0.29, 0.717) is 27.6 Å². The van der Waals surface area contributed by atoms with E-state index in [4.69, 9.17) is 11.6 Å². The highest BCUT2D eigenvalue weighted by Gasteiger charge is 2.21. The summed E-state index contributed by atoms with van der Waals surface area (Å²) in [5, 5.41) is 3.06. The van der Waals surface area contributed by atoms with E-state index in [2.05, 4.69) is 14.8 Å². The van der Waals surface area contributed by atoms with Crippen LogP contribution in [0.3, 0.4) is 0 Å². The van der Waals surface area contributed by atoms with Crippen molar-refractivity contribution in [2.75, 3.05) is 14.8 Å². The minimum absolute atomic E-state index is 0.0123. The summed E-state index contributed by atoms with van der Waals surface area (Å²) in [6.45, 7) is 5.38. The summed E-state index contributed by atoms with van der Waals surface area (Å²) in [4.78, 5) is 12.9. The molecule has 0 bridgehead atoms. The van der Waals surface area contributed by atoms with Crippen molar-refractivity contribution < 1.29 is 21.6 Å². The van der Waals surface area contributed by atoms with Gasteiger partial charge in [0.1, 0.15) is 0 Å². The van der Waals surface area contributed by atoms with E-state index >= 15 is 0 Å². The lowest BCUT2D eigenvalue weighted by Gasteiger charge is -2.14. The number of rotatable bonds is 8. The van der Waals surface area contributed by atoms with Gasteiger partial charge in [-0.3, -0.25) is 14.2 Å². The molecule has 0 radical (unpaired) electrons. The van der Waals surface area contributed by atoms with Crippen LogP contribution in [0.4, 0.5) is 17.1 Å². The second kappa shape index (κ2) is 11.1. The first-order valence-electron chi connectivity index (χ1n) is 11.7. The fraction of sp³-hybridized carbons (Fsp3) is 0.107. The number of hydrogen-bond acceptors (Lipinski definition) is 5. The number of carbonyl (C=O) groups excluding carboxylic acids is 1. The van der Waals surface area contributed by atoms with Gasteiger partial charge in [-0.05, 0) is 92.6 Å². The lowest BCUT2D eigenvalue weighted by Crippen LogP contribution is -2.17. The molecule has 4 rings (SSSR count). The van der Waals surface area contributed by atoms with Crippen molar-refractivity contribution >= 4 is 54.6 Å². The van der Waals surface area contributed by atoms with Crippen LogP contribution in [0.2, 0.25) is 5.02 Å².